The number of nitrogens with zero attached hydrogens (tertiary/aromatic N) is 2. The molecular formula is C15H14ClN3O5. The number of pyridine rings is 1. The van der Waals surface area contributed by atoms with E-state index in [0.29, 0.717) is 29.0 Å². The number of hydrogen-bond donors (Lipinski definition) is 1. The average Bonchev–Trinajstić information content (AvgIpc) is 2.55. The summed E-state index contributed by atoms with van der Waals surface area (Å²) in [5.41, 5.74) is 6.87. The maximum atomic E-state index is 11.3. The quantitative estimate of drug-likeness (QED) is 0.385. The molecule has 0 spiro atoms. The van der Waals surface area contributed by atoms with E-state index in [2.05, 4.69) is 0 Å². The summed E-state index contributed by atoms with van der Waals surface area (Å²) in [5, 5.41) is 11.1. The van der Waals surface area contributed by atoms with Crippen molar-refractivity contribution in [2.24, 2.45) is 5.73 Å². The maximum Gasteiger partial charge on any atom is 0.270 e. The first-order valence-electron chi connectivity index (χ1n) is 6.84. The molecule has 1 aliphatic rings. The molecule has 0 atom stereocenters. The van der Waals surface area contributed by atoms with Gasteiger partial charge >= 0.3 is 0 Å². The van der Waals surface area contributed by atoms with Crippen molar-refractivity contribution >= 4 is 11.6 Å². The normalized spacial score (nSPS) is 12.5. The summed E-state index contributed by atoms with van der Waals surface area (Å²) in [6.45, 7) is 0.672. The van der Waals surface area contributed by atoms with Gasteiger partial charge in [-0.3, -0.25) is 14.9 Å². The fourth-order valence-electron chi connectivity index (χ4n) is 2.47. The molecule has 1 amide bonds. The number of halogens is 1. The van der Waals surface area contributed by atoms with E-state index in [1.165, 1.54) is 12.1 Å². The fourth-order valence-corrected chi connectivity index (χ4v) is 2.47. The van der Waals surface area contributed by atoms with E-state index in [9.17, 15) is 14.9 Å². The molecule has 1 aromatic carbocycles. The lowest BCUT2D eigenvalue weighted by molar-refractivity contribution is -0.688. The monoisotopic (exact) mass is 351 g/mol. The molecule has 2 heterocycles. The third-order valence-electron chi connectivity index (χ3n) is 3.48. The van der Waals surface area contributed by atoms with Gasteiger partial charge in [-0.2, -0.15) is 4.57 Å². The van der Waals surface area contributed by atoms with E-state index < -0.39 is 10.8 Å². The summed E-state index contributed by atoms with van der Waals surface area (Å²) in [7, 11) is 0. The third-order valence-corrected chi connectivity index (χ3v) is 3.48. The highest BCUT2D eigenvalue weighted by Crippen LogP contribution is 2.32. The molecule has 0 saturated carbocycles. The number of benzene rings is 1. The van der Waals surface area contributed by atoms with Gasteiger partial charge in [0.1, 0.15) is 11.3 Å². The van der Waals surface area contributed by atoms with Crippen molar-refractivity contribution in [3.63, 3.8) is 0 Å². The molecular weight excluding hydrogens is 338 g/mol. The highest BCUT2D eigenvalue weighted by Gasteiger charge is 2.23. The number of aromatic nitrogens is 1. The van der Waals surface area contributed by atoms with Crippen LogP contribution in [0.4, 0.5) is 5.69 Å². The highest BCUT2D eigenvalue weighted by molar-refractivity contribution is 5.92. The zero-order valence-electron chi connectivity index (χ0n) is 12.5. The second-order valence-electron chi connectivity index (χ2n) is 5.09. The van der Waals surface area contributed by atoms with Crippen molar-refractivity contribution in [3.8, 4) is 5.75 Å². The number of non-ortho nitro benzene ring substituents is 1. The topological polar surface area (TPSA) is 109 Å². The number of amides is 1. The predicted molar refractivity (Wildman–Crippen MR) is 77.6 cm³/mol. The van der Waals surface area contributed by atoms with Crippen LogP contribution in [0.2, 0.25) is 0 Å². The molecule has 8 nitrogen and oxygen atoms in total. The number of fused-ring (bicyclic) bond motifs is 1. The SMILES string of the molecule is NC(=O)c1ccc[n+](Cc2cc([N+](=O)[O-])cc3c2OCOC3)c1.[Cl-]. The molecule has 1 aliphatic heterocycles. The van der Waals surface area contributed by atoms with E-state index in [1.54, 1.807) is 29.1 Å². The van der Waals surface area contributed by atoms with Crippen LogP contribution in [0.5, 0.6) is 5.75 Å². The van der Waals surface area contributed by atoms with Gasteiger partial charge < -0.3 is 27.6 Å². The van der Waals surface area contributed by atoms with Crippen molar-refractivity contribution < 1.29 is 36.2 Å². The molecule has 0 fully saturated rings. The summed E-state index contributed by atoms with van der Waals surface area (Å²) in [4.78, 5) is 21.9. The van der Waals surface area contributed by atoms with Gasteiger partial charge in [0, 0.05) is 23.8 Å². The van der Waals surface area contributed by atoms with Crippen LogP contribution >= 0.6 is 0 Å². The molecule has 1 aromatic heterocycles. The van der Waals surface area contributed by atoms with Crippen LogP contribution in [0.15, 0.2) is 36.7 Å². The molecule has 2 N–H and O–H groups in total. The summed E-state index contributed by atoms with van der Waals surface area (Å²) < 4.78 is 12.4. The van der Waals surface area contributed by atoms with Crippen LogP contribution in [0.1, 0.15) is 21.5 Å². The molecule has 9 heteroatoms. The lowest BCUT2D eigenvalue weighted by Gasteiger charge is -2.19. The van der Waals surface area contributed by atoms with Gasteiger partial charge in [0.2, 0.25) is 0 Å². The Balaban J connectivity index is 0.00000208. The van der Waals surface area contributed by atoms with Gasteiger partial charge in [0.15, 0.2) is 25.7 Å². The minimum atomic E-state index is -0.537. The lowest BCUT2D eigenvalue weighted by Crippen LogP contribution is -3.00. The van der Waals surface area contributed by atoms with Crippen molar-refractivity contribution in [1.82, 2.24) is 0 Å². The average molecular weight is 352 g/mol. The van der Waals surface area contributed by atoms with Crippen molar-refractivity contribution in [2.75, 3.05) is 6.79 Å². The van der Waals surface area contributed by atoms with Gasteiger partial charge in [0.05, 0.1) is 17.1 Å². The van der Waals surface area contributed by atoms with Gasteiger partial charge in [-0.1, -0.05) is 0 Å². The number of carbonyl (C=O) groups is 1. The molecule has 126 valence electrons. The Hall–Kier alpha value is -2.71. The number of nitro benzene ring substituents is 1. The van der Waals surface area contributed by atoms with Crippen molar-refractivity contribution in [1.29, 1.82) is 0 Å². The summed E-state index contributed by atoms with van der Waals surface area (Å²) in [5.74, 6) is 0.0453. The van der Waals surface area contributed by atoms with Crippen LogP contribution in [0, 0.1) is 10.1 Å². The number of ether oxygens (including phenoxy) is 2. The second-order valence-corrected chi connectivity index (χ2v) is 5.09. The number of primary amides is 1. The second kappa shape index (κ2) is 7.24. The van der Waals surface area contributed by atoms with Crippen LogP contribution in [0.25, 0.3) is 0 Å². The maximum absolute atomic E-state index is 11.3. The van der Waals surface area contributed by atoms with E-state index in [1.807, 2.05) is 0 Å². The zero-order chi connectivity index (χ0) is 16.4. The molecule has 0 unspecified atom stereocenters. The Labute approximate surface area is 143 Å². The standard InChI is InChI=1S/C15H13N3O5.ClH/c16-15(19)10-2-1-3-17(6-10)7-11-4-13(18(20)21)5-12-8-22-9-23-14(11)12;/h1-6H,7-9H2,(H-,16,19);1H. The third kappa shape index (κ3) is 3.61. The molecule has 0 aliphatic carbocycles. The van der Waals surface area contributed by atoms with Crippen molar-refractivity contribution in [3.05, 3.63) is 63.5 Å². The molecule has 0 saturated heterocycles. The first-order valence-corrected chi connectivity index (χ1v) is 6.84. The van der Waals surface area contributed by atoms with Crippen LogP contribution in [-0.2, 0) is 17.9 Å². The molecule has 0 bridgehead atoms. The summed E-state index contributed by atoms with van der Waals surface area (Å²) >= 11 is 0. The number of hydrogen-bond acceptors (Lipinski definition) is 5. The number of nitrogens with two attached hydrogens (primary N) is 1. The Bertz CT molecular complexity index is 797. The molecule has 24 heavy (non-hydrogen) atoms. The Morgan fingerprint density at radius 2 is 2.21 bits per heavy atom. The molecule has 2 aromatic rings. The summed E-state index contributed by atoms with van der Waals surface area (Å²) in [6, 6.07) is 6.20. The summed E-state index contributed by atoms with van der Waals surface area (Å²) in [6.07, 6.45) is 3.34. The van der Waals surface area contributed by atoms with Crippen molar-refractivity contribution in [2.45, 2.75) is 13.2 Å². The first-order chi connectivity index (χ1) is 11.0. The number of carbonyl (C=O) groups excluding carboxylic acids is 1. The minimum absolute atomic E-state index is 0. The largest absolute Gasteiger partial charge is 1.00 e. The van der Waals surface area contributed by atoms with E-state index in [4.69, 9.17) is 15.2 Å². The Morgan fingerprint density at radius 1 is 1.42 bits per heavy atom. The number of rotatable bonds is 4. The molecule has 3 rings (SSSR count). The predicted octanol–water partition coefficient (Wildman–Crippen LogP) is -2.10. The van der Waals surface area contributed by atoms with Gasteiger partial charge in [-0.05, 0) is 6.07 Å². The van der Waals surface area contributed by atoms with Crippen LogP contribution < -0.4 is 27.4 Å². The lowest BCUT2D eigenvalue weighted by atomic mass is 10.1. The number of nitro groups is 1. The van der Waals surface area contributed by atoms with Crippen LogP contribution in [0.3, 0.4) is 0 Å². The molecule has 0 radical (unpaired) electrons. The van der Waals surface area contributed by atoms with Gasteiger partial charge in [-0.25, -0.2) is 0 Å². The van der Waals surface area contributed by atoms with E-state index >= 15 is 0 Å². The van der Waals surface area contributed by atoms with E-state index in [0.717, 1.165) is 0 Å². The smallest absolute Gasteiger partial charge is 0.270 e. The van der Waals surface area contributed by atoms with Gasteiger partial charge in [0.25, 0.3) is 11.6 Å². The fraction of sp³-hybridized carbons (Fsp3) is 0.200. The highest BCUT2D eigenvalue weighted by atomic mass is 35.5. The van der Waals surface area contributed by atoms with Crippen LogP contribution in [-0.4, -0.2) is 17.6 Å². The van der Waals surface area contributed by atoms with E-state index in [-0.39, 0.29) is 31.5 Å². The Morgan fingerprint density at radius 3 is 2.92 bits per heavy atom. The minimum Gasteiger partial charge on any atom is -1.00 e. The van der Waals surface area contributed by atoms with Gasteiger partial charge in [-0.15, -0.1) is 0 Å². The Kier molecular flexibility index (Phi) is 5.32. The first kappa shape index (κ1) is 17.6. The zero-order valence-corrected chi connectivity index (χ0v) is 13.2.